The lowest BCUT2D eigenvalue weighted by molar-refractivity contribution is -0.127. The van der Waals surface area contributed by atoms with Gasteiger partial charge in [0.05, 0.1) is 5.69 Å². The Labute approximate surface area is 145 Å². The molecule has 1 fully saturated rings. The summed E-state index contributed by atoms with van der Waals surface area (Å²) in [6.07, 6.45) is 2.32. The van der Waals surface area contributed by atoms with Gasteiger partial charge in [-0.2, -0.15) is 5.10 Å². The van der Waals surface area contributed by atoms with Crippen molar-refractivity contribution in [2.24, 2.45) is 0 Å². The van der Waals surface area contributed by atoms with E-state index in [1.165, 1.54) is 0 Å². The number of carbonyl (C=O) groups excluding carboxylic acids is 2. The minimum Gasteiger partial charge on any atom is -0.351 e. The summed E-state index contributed by atoms with van der Waals surface area (Å²) in [7, 11) is 0. The first-order chi connectivity index (χ1) is 11.6. The Balaban J connectivity index is 1.50. The maximum absolute atomic E-state index is 12.1. The lowest BCUT2D eigenvalue weighted by Crippen LogP contribution is -2.30. The van der Waals surface area contributed by atoms with Gasteiger partial charge in [-0.1, -0.05) is 23.7 Å². The topological polar surface area (TPSA) is 78.1 Å². The van der Waals surface area contributed by atoms with Crippen molar-refractivity contribution in [3.63, 3.8) is 0 Å². The van der Waals surface area contributed by atoms with Gasteiger partial charge in [0.25, 0.3) is 5.91 Å². The van der Waals surface area contributed by atoms with E-state index in [1.54, 1.807) is 18.2 Å². The molecule has 1 aromatic carbocycles. The van der Waals surface area contributed by atoms with Crippen LogP contribution in [0.25, 0.3) is 11.3 Å². The van der Waals surface area contributed by atoms with Crippen molar-refractivity contribution >= 4 is 23.4 Å². The van der Waals surface area contributed by atoms with Crippen LogP contribution in [-0.4, -0.2) is 46.5 Å². The summed E-state index contributed by atoms with van der Waals surface area (Å²) in [6.45, 7) is 2.04. The van der Waals surface area contributed by atoms with Gasteiger partial charge in [-0.25, -0.2) is 0 Å². The van der Waals surface area contributed by atoms with Crippen LogP contribution >= 0.6 is 11.6 Å². The summed E-state index contributed by atoms with van der Waals surface area (Å²) in [5.74, 6) is 0.00425. The molecule has 2 amide bonds. The molecule has 126 valence electrons. The molecule has 2 N–H and O–H groups in total. The minimum absolute atomic E-state index is 0.205. The summed E-state index contributed by atoms with van der Waals surface area (Å²) >= 11 is 5.97. The van der Waals surface area contributed by atoms with Crippen LogP contribution in [0.5, 0.6) is 0 Å². The molecule has 0 aliphatic carbocycles. The number of amides is 2. The number of H-pyrrole nitrogens is 1. The number of hydrogen-bond donors (Lipinski definition) is 2. The molecular formula is C17H19ClN4O2. The average Bonchev–Trinajstić information content (AvgIpc) is 3.21. The molecule has 1 aromatic heterocycles. The van der Waals surface area contributed by atoms with Crippen LogP contribution in [0.4, 0.5) is 0 Å². The molecule has 1 aliphatic heterocycles. The van der Waals surface area contributed by atoms with E-state index in [0.717, 1.165) is 24.9 Å². The zero-order chi connectivity index (χ0) is 16.9. The first kappa shape index (κ1) is 16.5. The molecule has 0 spiro atoms. The number of nitrogens with one attached hydrogen (secondary N) is 2. The maximum atomic E-state index is 12.1. The van der Waals surface area contributed by atoms with Crippen molar-refractivity contribution in [1.82, 2.24) is 20.4 Å². The van der Waals surface area contributed by atoms with Gasteiger partial charge in [0.15, 0.2) is 0 Å². The fourth-order valence-electron chi connectivity index (χ4n) is 2.74. The Morgan fingerprint density at radius 3 is 3.00 bits per heavy atom. The van der Waals surface area contributed by atoms with E-state index in [0.29, 0.717) is 35.9 Å². The quantitative estimate of drug-likeness (QED) is 0.789. The third-order valence-electron chi connectivity index (χ3n) is 4.00. The molecular weight excluding hydrogens is 328 g/mol. The van der Waals surface area contributed by atoms with Gasteiger partial charge in [0, 0.05) is 36.6 Å². The predicted molar refractivity (Wildman–Crippen MR) is 91.8 cm³/mol. The van der Waals surface area contributed by atoms with Crippen LogP contribution < -0.4 is 5.32 Å². The van der Waals surface area contributed by atoms with Crippen molar-refractivity contribution < 1.29 is 9.59 Å². The molecule has 3 rings (SSSR count). The van der Waals surface area contributed by atoms with E-state index >= 15 is 0 Å². The highest BCUT2D eigenvalue weighted by Gasteiger charge is 2.19. The van der Waals surface area contributed by atoms with E-state index in [1.807, 2.05) is 17.0 Å². The van der Waals surface area contributed by atoms with Crippen molar-refractivity contribution in [1.29, 1.82) is 0 Å². The third kappa shape index (κ3) is 3.94. The Morgan fingerprint density at radius 1 is 1.38 bits per heavy atom. The number of carbonyl (C=O) groups is 2. The number of hydrogen-bond acceptors (Lipinski definition) is 3. The van der Waals surface area contributed by atoms with Gasteiger partial charge in [0.1, 0.15) is 5.69 Å². The van der Waals surface area contributed by atoms with Gasteiger partial charge < -0.3 is 10.2 Å². The molecule has 0 saturated carbocycles. The third-order valence-corrected chi connectivity index (χ3v) is 4.24. The van der Waals surface area contributed by atoms with Crippen molar-refractivity contribution in [2.45, 2.75) is 19.3 Å². The predicted octanol–water partition coefficient (Wildman–Crippen LogP) is 2.47. The molecule has 1 aliphatic rings. The molecule has 1 saturated heterocycles. The lowest BCUT2D eigenvalue weighted by Gasteiger charge is -2.15. The lowest BCUT2D eigenvalue weighted by atomic mass is 10.1. The molecule has 0 atom stereocenters. The minimum atomic E-state index is -0.205. The fraction of sp³-hybridized carbons (Fsp3) is 0.353. The van der Waals surface area contributed by atoms with Crippen molar-refractivity contribution in [3.05, 3.63) is 41.0 Å². The van der Waals surface area contributed by atoms with Gasteiger partial charge in [-0.15, -0.1) is 0 Å². The maximum Gasteiger partial charge on any atom is 0.269 e. The number of benzene rings is 1. The molecule has 24 heavy (non-hydrogen) atoms. The SMILES string of the molecule is O=C(NCCCN1CCCC1=O)c1cc(-c2cccc(Cl)c2)n[nH]1. The van der Waals surface area contributed by atoms with Crippen LogP contribution in [0.15, 0.2) is 30.3 Å². The van der Waals surface area contributed by atoms with Crippen LogP contribution in [-0.2, 0) is 4.79 Å². The second kappa shape index (κ2) is 7.49. The van der Waals surface area contributed by atoms with Crippen LogP contribution in [0.1, 0.15) is 29.8 Å². The second-order valence-electron chi connectivity index (χ2n) is 5.77. The highest BCUT2D eigenvalue weighted by Crippen LogP contribution is 2.21. The first-order valence-electron chi connectivity index (χ1n) is 8.01. The summed E-state index contributed by atoms with van der Waals surface area (Å²) in [4.78, 5) is 25.5. The smallest absolute Gasteiger partial charge is 0.269 e. The Morgan fingerprint density at radius 2 is 2.25 bits per heavy atom. The molecule has 7 heteroatoms. The highest BCUT2D eigenvalue weighted by atomic mass is 35.5. The van der Waals surface area contributed by atoms with Crippen LogP contribution in [0.3, 0.4) is 0 Å². The van der Waals surface area contributed by atoms with Crippen molar-refractivity contribution in [2.75, 3.05) is 19.6 Å². The monoisotopic (exact) mass is 346 g/mol. The molecule has 0 radical (unpaired) electrons. The van der Waals surface area contributed by atoms with Gasteiger partial charge in [-0.05, 0) is 31.0 Å². The summed E-state index contributed by atoms with van der Waals surface area (Å²) in [6, 6.07) is 9.01. The van der Waals surface area contributed by atoms with E-state index in [-0.39, 0.29) is 11.8 Å². The first-order valence-corrected chi connectivity index (χ1v) is 8.38. The van der Waals surface area contributed by atoms with Gasteiger partial charge >= 0.3 is 0 Å². The van der Waals surface area contributed by atoms with Gasteiger partial charge in [-0.3, -0.25) is 14.7 Å². The number of likely N-dealkylation sites (tertiary alicyclic amines) is 1. The highest BCUT2D eigenvalue weighted by molar-refractivity contribution is 6.30. The van der Waals surface area contributed by atoms with E-state index in [2.05, 4.69) is 15.5 Å². The molecule has 2 aromatic rings. The normalized spacial score (nSPS) is 14.2. The van der Waals surface area contributed by atoms with Crippen molar-refractivity contribution in [3.8, 4) is 11.3 Å². The average molecular weight is 347 g/mol. The van der Waals surface area contributed by atoms with E-state index < -0.39 is 0 Å². The van der Waals surface area contributed by atoms with Gasteiger partial charge in [0.2, 0.25) is 5.91 Å². The van der Waals surface area contributed by atoms with Crippen LogP contribution in [0.2, 0.25) is 5.02 Å². The number of rotatable bonds is 6. The van der Waals surface area contributed by atoms with Crippen LogP contribution in [0, 0.1) is 0 Å². The summed E-state index contributed by atoms with van der Waals surface area (Å²) in [5.41, 5.74) is 1.93. The summed E-state index contributed by atoms with van der Waals surface area (Å²) in [5, 5.41) is 10.4. The zero-order valence-electron chi connectivity index (χ0n) is 13.2. The number of halogens is 1. The molecule has 0 unspecified atom stereocenters. The van der Waals surface area contributed by atoms with E-state index in [9.17, 15) is 9.59 Å². The number of aromatic amines is 1. The zero-order valence-corrected chi connectivity index (χ0v) is 14.0. The molecule has 2 heterocycles. The molecule has 6 nitrogen and oxygen atoms in total. The van der Waals surface area contributed by atoms with E-state index in [4.69, 9.17) is 11.6 Å². The standard InChI is InChI=1S/C17H19ClN4O2/c18-13-5-1-4-12(10-13)14-11-15(21-20-14)17(24)19-7-3-9-22-8-2-6-16(22)23/h1,4-5,10-11H,2-3,6-9H2,(H,19,24)(H,20,21). The Bertz CT molecular complexity index is 744. The number of nitrogens with zero attached hydrogens (tertiary/aromatic N) is 2. The largest absolute Gasteiger partial charge is 0.351 e. The molecule has 0 bridgehead atoms. The second-order valence-corrected chi connectivity index (χ2v) is 6.21. The fourth-order valence-corrected chi connectivity index (χ4v) is 2.93. The summed E-state index contributed by atoms with van der Waals surface area (Å²) < 4.78 is 0. The Kier molecular flexibility index (Phi) is 5.15. The number of aromatic nitrogens is 2. The Hall–Kier alpha value is -2.34.